The molecule has 3 N–H and O–H groups in total. The minimum Gasteiger partial charge on any atom is -0.404 e. The molecule has 5 nitrogen and oxygen atoms in total. The third-order valence-corrected chi connectivity index (χ3v) is 6.55. The number of nitrogens with one attached hydrogen (secondary N) is 1. The summed E-state index contributed by atoms with van der Waals surface area (Å²) in [4.78, 5) is 11.8. The Kier molecular flexibility index (Phi) is 4.31. The summed E-state index contributed by atoms with van der Waals surface area (Å²) in [6, 6.07) is 0. The molecule has 0 aromatic carbocycles. The van der Waals surface area contributed by atoms with E-state index in [1.165, 1.54) is 6.42 Å². The highest BCUT2D eigenvalue weighted by molar-refractivity contribution is 6.47. The molecule has 1 aliphatic heterocycles. The quantitative estimate of drug-likeness (QED) is 0.756. The van der Waals surface area contributed by atoms with Gasteiger partial charge >= 0.3 is 7.12 Å². The van der Waals surface area contributed by atoms with Crippen molar-refractivity contribution in [2.24, 2.45) is 28.9 Å². The van der Waals surface area contributed by atoms with Gasteiger partial charge in [0, 0.05) is 0 Å². The van der Waals surface area contributed by atoms with Crippen LogP contribution >= 0.6 is 0 Å². The number of hydrogen-bond donors (Lipinski definition) is 2. The van der Waals surface area contributed by atoms with Crippen LogP contribution in [0.25, 0.3) is 0 Å². The zero-order valence-electron chi connectivity index (χ0n) is 15.1. The van der Waals surface area contributed by atoms with Crippen molar-refractivity contribution in [2.45, 2.75) is 71.5 Å². The summed E-state index contributed by atoms with van der Waals surface area (Å²) in [7, 11) is -0.363. The minimum atomic E-state index is -0.363. The summed E-state index contributed by atoms with van der Waals surface area (Å²) in [6.45, 7) is 11.2. The number of rotatable bonds is 5. The molecule has 0 aromatic heterocycles. The van der Waals surface area contributed by atoms with Crippen LogP contribution in [0.3, 0.4) is 0 Å². The summed E-state index contributed by atoms with van der Waals surface area (Å²) >= 11 is 0. The van der Waals surface area contributed by atoms with Crippen LogP contribution in [0.15, 0.2) is 0 Å². The molecule has 6 heteroatoms. The maximum atomic E-state index is 11.8. The Labute approximate surface area is 140 Å². The van der Waals surface area contributed by atoms with E-state index in [1.54, 1.807) is 0 Å². The Balaban J connectivity index is 1.75. The van der Waals surface area contributed by atoms with E-state index in [4.69, 9.17) is 15.0 Å². The molecular weight excluding hydrogens is 291 g/mol. The van der Waals surface area contributed by atoms with E-state index in [0.29, 0.717) is 17.3 Å². The van der Waals surface area contributed by atoms with E-state index < -0.39 is 0 Å². The molecule has 4 rings (SSSR count). The number of carbonyl (C=O) groups is 1. The van der Waals surface area contributed by atoms with E-state index in [-0.39, 0.29) is 37.2 Å². The molecule has 0 spiro atoms. The minimum absolute atomic E-state index is 0.000256. The highest BCUT2D eigenvalue weighted by atomic mass is 16.7. The van der Waals surface area contributed by atoms with Crippen LogP contribution in [0.5, 0.6) is 0 Å². The second-order valence-electron chi connectivity index (χ2n) is 8.84. The highest BCUT2D eigenvalue weighted by Crippen LogP contribution is 2.65. The van der Waals surface area contributed by atoms with Crippen LogP contribution in [0.2, 0.25) is 0 Å². The second-order valence-corrected chi connectivity index (χ2v) is 8.84. The van der Waals surface area contributed by atoms with Gasteiger partial charge in [-0.1, -0.05) is 27.7 Å². The average molecular weight is 322 g/mol. The van der Waals surface area contributed by atoms with Crippen LogP contribution in [0.4, 0.5) is 0 Å². The average Bonchev–Trinajstić information content (AvgIpc) is 2.82. The van der Waals surface area contributed by atoms with Crippen molar-refractivity contribution < 1.29 is 14.1 Å². The molecule has 4 fully saturated rings. The fourth-order valence-corrected chi connectivity index (χ4v) is 5.08. The van der Waals surface area contributed by atoms with Crippen LogP contribution in [0, 0.1) is 23.2 Å². The first-order valence-corrected chi connectivity index (χ1v) is 9.01. The molecule has 0 aromatic rings. The SMILES string of the molecule is CC(C)C[C@H](NC(=O)CN)B1O[C@@H]2C[C@@H]3C[C@@H](C3(C)C)C2(C)O1. The van der Waals surface area contributed by atoms with Gasteiger partial charge in [-0.3, -0.25) is 4.79 Å². The van der Waals surface area contributed by atoms with E-state index >= 15 is 0 Å². The second kappa shape index (κ2) is 5.75. The molecule has 3 saturated carbocycles. The smallest absolute Gasteiger partial charge is 0.404 e. The number of hydrogen-bond acceptors (Lipinski definition) is 4. The maximum Gasteiger partial charge on any atom is 0.481 e. The van der Waals surface area contributed by atoms with Gasteiger partial charge in [-0.2, -0.15) is 0 Å². The molecule has 2 bridgehead atoms. The van der Waals surface area contributed by atoms with Gasteiger partial charge in [-0.15, -0.1) is 0 Å². The standard InChI is InChI=1S/C17H31BN2O3/c1-10(2)6-14(20-15(21)9-19)18-22-13-8-11-7-12(16(11,3)4)17(13,5)23-18/h10-14H,6-9,19H2,1-5H3,(H,20,21)/t11-,12-,13+,14-,17?/m0/s1. The molecule has 130 valence electrons. The Bertz CT molecular complexity index is 484. The molecule has 0 radical (unpaired) electrons. The lowest BCUT2D eigenvalue weighted by atomic mass is 9.43. The van der Waals surface area contributed by atoms with Crippen LogP contribution in [0.1, 0.15) is 53.9 Å². The third kappa shape index (κ3) is 2.73. The summed E-state index contributed by atoms with van der Waals surface area (Å²) in [5, 5.41) is 3.00. The summed E-state index contributed by atoms with van der Waals surface area (Å²) in [5.74, 6) is 1.44. The lowest BCUT2D eigenvalue weighted by Gasteiger charge is -2.64. The van der Waals surface area contributed by atoms with Crippen molar-refractivity contribution in [1.82, 2.24) is 5.32 Å². The van der Waals surface area contributed by atoms with E-state index in [0.717, 1.165) is 18.8 Å². The Morgan fingerprint density at radius 3 is 2.61 bits per heavy atom. The van der Waals surface area contributed by atoms with Crippen molar-refractivity contribution >= 4 is 13.0 Å². The lowest BCUT2D eigenvalue weighted by Crippen LogP contribution is -2.65. The molecule has 5 atom stereocenters. The van der Waals surface area contributed by atoms with Crippen molar-refractivity contribution in [3.05, 3.63) is 0 Å². The normalized spacial score (nSPS) is 38.9. The van der Waals surface area contributed by atoms with Crippen molar-refractivity contribution in [2.75, 3.05) is 6.54 Å². The monoisotopic (exact) mass is 322 g/mol. The van der Waals surface area contributed by atoms with Crippen LogP contribution < -0.4 is 11.1 Å². The predicted molar refractivity (Wildman–Crippen MR) is 90.6 cm³/mol. The van der Waals surface area contributed by atoms with Gasteiger partial charge in [-0.05, 0) is 49.4 Å². The van der Waals surface area contributed by atoms with E-state index in [9.17, 15) is 4.79 Å². The van der Waals surface area contributed by atoms with Gasteiger partial charge < -0.3 is 20.4 Å². The summed E-state index contributed by atoms with van der Waals surface area (Å²) in [5.41, 5.74) is 5.56. The Hall–Kier alpha value is -0.585. The summed E-state index contributed by atoms with van der Waals surface area (Å²) in [6.07, 6.45) is 3.28. The molecule has 1 unspecified atom stereocenters. The molecule has 23 heavy (non-hydrogen) atoms. The molecular formula is C17H31BN2O3. The number of carbonyl (C=O) groups excluding carboxylic acids is 1. The van der Waals surface area contributed by atoms with E-state index in [1.807, 2.05) is 0 Å². The Morgan fingerprint density at radius 2 is 2.04 bits per heavy atom. The van der Waals surface area contributed by atoms with Crippen molar-refractivity contribution in [3.8, 4) is 0 Å². The summed E-state index contributed by atoms with van der Waals surface area (Å²) < 4.78 is 12.8. The maximum absolute atomic E-state index is 11.8. The van der Waals surface area contributed by atoms with Crippen molar-refractivity contribution in [3.63, 3.8) is 0 Å². The van der Waals surface area contributed by atoms with Gasteiger partial charge in [0.1, 0.15) is 0 Å². The zero-order valence-corrected chi connectivity index (χ0v) is 15.1. The predicted octanol–water partition coefficient (Wildman–Crippen LogP) is 1.74. The van der Waals surface area contributed by atoms with Crippen LogP contribution in [-0.4, -0.2) is 37.2 Å². The first-order chi connectivity index (χ1) is 10.7. The first kappa shape index (κ1) is 17.2. The highest BCUT2D eigenvalue weighted by Gasteiger charge is 2.68. The van der Waals surface area contributed by atoms with Gasteiger partial charge in [0.2, 0.25) is 5.91 Å². The van der Waals surface area contributed by atoms with E-state index in [2.05, 4.69) is 39.9 Å². The zero-order chi connectivity index (χ0) is 17.0. The largest absolute Gasteiger partial charge is 0.481 e. The number of amides is 1. The molecule has 3 aliphatic carbocycles. The van der Waals surface area contributed by atoms with Gasteiger partial charge in [0.15, 0.2) is 0 Å². The Morgan fingerprint density at radius 1 is 1.35 bits per heavy atom. The van der Waals surface area contributed by atoms with Gasteiger partial charge in [0.25, 0.3) is 0 Å². The fourth-order valence-electron chi connectivity index (χ4n) is 5.08. The fraction of sp³-hybridized carbons (Fsp3) is 0.941. The molecule has 1 heterocycles. The van der Waals surface area contributed by atoms with Crippen molar-refractivity contribution in [1.29, 1.82) is 0 Å². The van der Waals surface area contributed by atoms with Crippen LogP contribution in [-0.2, 0) is 14.1 Å². The molecule has 1 amide bonds. The topological polar surface area (TPSA) is 73.6 Å². The van der Waals surface area contributed by atoms with Gasteiger partial charge in [-0.25, -0.2) is 0 Å². The number of nitrogens with two attached hydrogens (primary N) is 1. The molecule has 4 aliphatic rings. The lowest BCUT2D eigenvalue weighted by molar-refractivity contribution is -0.199. The van der Waals surface area contributed by atoms with Gasteiger partial charge in [0.05, 0.1) is 24.2 Å². The molecule has 1 saturated heterocycles. The third-order valence-electron chi connectivity index (χ3n) is 6.55. The first-order valence-electron chi connectivity index (χ1n) is 9.01.